The maximum absolute atomic E-state index is 13.6. The largest absolute Gasteiger partial charge is 0.497 e. The monoisotopic (exact) mass is 367 g/mol. The number of nitrogens with one attached hydrogen (secondary N) is 2. The van der Waals surface area contributed by atoms with Crippen molar-refractivity contribution in [3.63, 3.8) is 0 Å². The Morgan fingerprint density at radius 3 is 2.44 bits per heavy atom. The van der Waals surface area contributed by atoms with Crippen molar-refractivity contribution >= 4 is 11.6 Å². The van der Waals surface area contributed by atoms with Gasteiger partial charge in [-0.2, -0.15) is 0 Å². The maximum atomic E-state index is 13.6. The highest BCUT2D eigenvalue weighted by Gasteiger charge is 2.09. The van der Waals surface area contributed by atoms with Crippen LogP contribution in [0.25, 0.3) is 11.1 Å². The van der Waals surface area contributed by atoms with Gasteiger partial charge in [-0.25, -0.2) is 9.37 Å². The van der Waals surface area contributed by atoms with Gasteiger partial charge in [0.15, 0.2) is 5.82 Å². The third-order valence-electron chi connectivity index (χ3n) is 3.85. The highest BCUT2D eigenvalue weighted by Crippen LogP contribution is 2.24. The molecule has 7 heteroatoms. The molecule has 3 aromatic rings. The van der Waals surface area contributed by atoms with Crippen molar-refractivity contribution in [3.8, 4) is 22.8 Å². The average Bonchev–Trinajstić information content (AvgIpc) is 2.72. The first-order valence-electron chi connectivity index (χ1n) is 8.11. The highest BCUT2D eigenvalue weighted by atomic mass is 19.1. The summed E-state index contributed by atoms with van der Waals surface area (Å²) in [4.78, 5) is 16.2. The standard InChI is InChI=1S/C20H18FN3O3/c1-26-17-8-4-6-14(10-17)13-5-3-7-15(9-13)19(25)24-23-16-11-18(21)20(27-2)22-12-16/h3-12,23H,1-2H3,(H,24,25). The number of aromatic nitrogens is 1. The van der Waals surface area contributed by atoms with Crippen molar-refractivity contribution in [2.45, 2.75) is 0 Å². The van der Waals surface area contributed by atoms with Gasteiger partial charge in [-0.1, -0.05) is 24.3 Å². The van der Waals surface area contributed by atoms with Crippen LogP contribution in [0, 0.1) is 5.82 Å². The minimum atomic E-state index is -0.628. The number of carbonyl (C=O) groups excluding carboxylic acids is 1. The Labute approximate surface area is 155 Å². The zero-order chi connectivity index (χ0) is 19.2. The molecule has 0 aliphatic carbocycles. The summed E-state index contributed by atoms with van der Waals surface area (Å²) in [5, 5.41) is 0. The number of halogens is 1. The van der Waals surface area contributed by atoms with Gasteiger partial charge in [0, 0.05) is 11.6 Å². The van der Waals surface area contributed by atoms with Crippen LogP contribution in [-0.2, 0) is 0 Å². The molecule has 138 valence electrons. The Hall–Kier alpha value is -3.61. The van der Waals surface area contributed by atoms with Gasteiger partial charge in [0.25, 0.3) is 5.91 Å². The van der Waals surface area contributed by atoms with Crippen molar-refractivity contribution in [2.24, 2.45) is 0 Å². The van der Waals surface area contributed by atoms with E-state index in [1.807, 2.05) is 30.3 Å². The molecule has 3 rings (SSSR count). The van der Waals surface area contributed by atoms with Crippen molar-refractivity contribution in [1.82, 2.24) is 10.4 Å². The Morgan fingerprint density at radius 2 is 1.74 bits per heavy atom. The van der Waals surface area contributed by atoms with Crippen LogP contribution in [0.3, 0.4) is 0 Å². The number of methoxy groups -OCH3 is 2. The van der Waals surface area contributed by atoms with Crippen molar-refractivity contribution < 1.29 is 18.7 Å². The van der Waals surface area contributed by atoms with Gasteiger partial charge in [-0.15, -0.1) is 0 Å². The normalized spacial score (nSPS) is 10.2. The van der Waals surface area contributed by atoms with Gasteiger partial charge in [0.2, 0.25) is 5.88 Å². The molecule has 6 nitrogen and oxygen atoms in total. The highest BCUT2D eigenvalue weighted by molar-refractivity contribution is 5.96. The second kappa shape index (κ2) is 8.18. The van der Waals surface area contributed by atoms with Gasteiger partial charge >= 0.3 is 0 Å². The van der Waals surface area contributed by atoms with Crippen molar-refractivity contribution in [1.29, 1.82) is 0 Å². The molecule has 0 unspecified atom stereocenters. The van der Waals surface area contributed by atoms with Crippen molar-refractivity contribution in [3.05, 3.63) is 72.2 Å². The molecule has 0 bridgehead atoms. The van der Waals surface area contributed by atoms with E-state index in [0.717, 1.165) is 16.9 Å². The van der Waals surface area contributed by atoms with Crippen LogP contribution >= 0.6 is 0 Å². The molecule has 27 heavy (non-hydrogen) atoms. The van der Waals surface area contributed by atoms with E-state index in [1.54, 1.807) is 25.3 Å². The summed E-state index contributed by atoms with van der Waals surface area (Å²) in [6.45, 7) is 0. The molecule has 2 N–H and O–H groups in total. The quantitative estimate of drug-likeness (QED) is 0.651. The number of benzene rings is 2. The van der Waals surface area contributed by atoms with E-state index in [0.29, 0.717) is 11.3 Å². The molecule has 1 heterocycles. The van der Waals surface area contributed by atoms with Crippen LogP contribution in [0.5, 0.6) is 11.6 Å². The number of nitrogens with zero attached hydrogens (tertiary/aromatic N) is 1. The van der Waals surface area contributed by atoms with Crippen LogP contribution < -0.4 is 20.3 Å². The van der Waals surface area contributed by atoms with E-state index >= 15 is 0 Å². The van der Waals surface area contributed by atoms with Gasteiger partial charge in [-0.3, -0.25) is 15.6 Å². The number of hydrogen-bond donors (Lipinski definition) is 2. The van der Waals surface area contributed by atoms with E-state index in [2.05, 4.69) is 15.8 Å². The second-order valence-corrected chi connectivity index (χ2v) is 5.61. The molecule has 1 amide bonds. The zero-order valence-electron chi connectivity index (χ0n) is 14.8. The van der Waals surface area contributed by atoms with Crippen LogP contribution in [0.15, 0.2) is 60.8 Å². The number of rotatable bonds is 6. The van der Waals surface area contributed by atoms with E-state index in [1.165, 1.54) is 19.4 Å². The average molecular weight is 367 g/mol. The third-order valence-corrected chi connectivity index (χ3v) is 3.85. The number of anilines is 1. The summed E-state index contributed by atoms with van der Waals surface area (Å²) in [6, 6.07) is 15.9. The number of ether oxygens (including phenoxy) is 2. The van der Waals surface area contributed by atoms with E-state index in [9.17, 15) is 9.18 Å². The van der Waals surface area contributed by atoms with E-state index in [4.69, 9.17) is 9.47 Å². The molecule has 0 spiro atoms. The van der Waals surface area contributed by atoms with E-state index in [-0.39, 0.29) is 11.8 Å². The molecule has 0 radical (unpaired) electrons. The summed E-state index contributed by atoms with van der Waals surface area (Å²) in [5.74, 6) is -0.372. The Kier molecular flexibility index (Phi) is 5.51. The fraction of sp³-hybridized carbons (Fsp3) is 0.100. The molecule has 1 aromatic heterocycles. The number of amides is 1. The molecule has 0 fully saturated rings. The summed E-state index contributed by atoms with van der Waals surface area (Å²) in [6.07, 6.45) is 1.36. The van der Waals surface area contributed by atoms with Crippen molar-refractivity contribution in [2.75, 3.05) is 19.6 Å². The summed E-state index contributed by atoms with van der Waals surface area (Å²) < 4.78 is 23.6. The molecule has 0 saturated carbocycles. The smallest absolute Gasteiger partial charge is 0.269 e. The Morgan fingerprint density at radius 1 is 1.00 bits per heavy atom. The molecular formula is C20H18FN3O3. The topological polar surface area (TPSA) is 72.5 Å². The first-order valence-corrected chi connectivity index (χ1v) is 8.11. The maximum Gasteiger partial charge on any atom is 0.269 e. The van der Waals surface area contributed by atoms with Gasteiger partial charge < -0.3 is 9.47 Å². The predicted octanol–water partition coefficient (Wildman–Crippen LogP) is 3.66. The minimum Gasteiger partial charge on any atom is -0.497 e. The molecule has 0 atom stereocenters. The number of hydrogen-bond acceptors (Lipinski definition) is 5. The van der Waals surface area contributed by atoms with Crippen LogP contribution in [0.2, 0.25) is 0 Å². The van der Waals surface area contributed by atoms with Gasteiger partial charge in [0.05, 0.1) is 26.1 Å². The zero-order valence-corrected chi connectivity index (χ0v) is 14.8. The third kappa shape index (κ3) is 4.33. The first-order chi connectivity index (χ1) is 13.1. The summed E-state index contributed by atoms with van der Waals surface area (Å²) in [5.41, 5.74) is 7.70. The SMILES string of the molecule is COc1cccc(-c2cccc(C(=O)NNc3cnc(OC)c(F)c3)c2)c1. The summed E-state index contributed by atoms with van der Waals surface area (Å²) in [7, 11) is 2.93. The van der Waals surface area contributed by atoms with Gasteiger partial charge in [0.1, 0.15) is 5.75 Å². The lowest BCUT2D eigenvalue weighted by atomic mass is 10.0. The van der Waals surface area contributed by atoms with Crippen LogP contribution in [0.1, 0.15) is 10.4 Å². The second-order valence-electron chi connectivity index (χ2n) is 5.61. The lowest BCUT2D eigenvalue weighted by Crippen LogP contribution is -2.29. The Bertz CT molecular complexity index is 963. The molecule has 0 aliphatic heterocycles. The summed E-state index contributed by atoms with van der Waals surface area (Å²) >= 11 is 0. The minimum absolute atomic E-state index is 0.113. The predicted molar refractivity (Wildman–Crippen MR) is 100 cm³/mol. The van der Waals surface area contributed by atoms with Crippen LogP contribution in [-0.4, -0.2) is 25.1 Å². The fourth-order valence-corrected chi connectivity index (χ4v) is 2.49. The molecule has 2 aromatic carbocycles. The number of carbonyl (C=O) groups is 1. The number of hydrazine groups is 1. The molecule has 0 saturated heterocycles. The van der Waals surface area contributed by atoms with Crippen LogP contribution in [0.4, 0.5) is 10.1 Å². The molecule has 0 aliphatic rings. The lowest BCUT2D eigenvalue weighted by molar-refractivity contribution is 0.0962. The Balaban J connectivity index is 1.72. The fourth-order valence-electron chi connectivity index (χ4n) is 2.49. The molecular weight excluding hydrogens is 349 g/mol. The number of pyridine rings is 1. The van der Waals surface area contributed by atoms with Gasteiger partial charge in [-0.05, 0) is 35.4 Å². The first kappa shape index (κ1) is 18.2. The van der Waals surface area contributed by atoms with E-state index < -0.39 is 5.82 Å². The lowest BCUT2D eigenvalue weighted by Gasteiger charge is -2.10.